The fraction of sp³-hybridized carbons (Fsp3) is 0.833. The van der Waals surface area contributed by atoms with E-state index in [-0.39, 0.29) is 24.5 Å². The first-order chi connectivity index (χ1) is 8.16. The van der Waals surface area contributed by atoms with E-state index in [1.165, 1.54) is 4.90 Å². The molecule has 3 N–H and O–H groups in total. The number of carbonyl (C=O) groups is 2. The summed E-state index contributed by atoms with van der Waals surface area (Å²) in [5.74, 6) is -1.86. The predicted octanol–water partition coefficient (Wildman–Crippen LogP) is -0.0822. The molecule has 0 spiro atoms. The molecule has 1 fully saturated rings. The standard InChI is InChI=1S/C12H22N2O4/c1-12(2,3)9(13)10(15)14(4)8-6-18-5-7(8)11(16)17/h7-9H,5-6,13H2,1-4H3,(H,16,17)/t7?,8?,9-/m1/s1. The van der Waals surface area contributed by atoms with Gasteiger partial charge in [-0.3, -0.25) is 9.59 Å². The van der Waals surface area contributed by atoms with Crippen molar-refractivity contribution in [1.82, 2.24) is 4.90 Å². The number of aliphatic carboxylic acids is 1. The summed E-state index contributed by atoms with van der Waals surface area (Å²) in [5.41, 5.74) is 5.55. The van der Waals surface area contributed by atoms with Gasteiger partial charge in [-0.15, -0.1) is 0 Å². The van der Waals surface area contributed by atoms with Gasteiger partial charge in [0.05, 0.1) is 25.3 Å². The third-order valence-electron chi connectivity index (χ3n) is 3.41. The highest BCUT2D eigenvalue weighted by Gasteiger charge is 2.41. The average Bonchev–Trinajstić information content (AvgIpc) is 2.73. The number of rotatable bonds is 3. The molecule has 3 atom stereocenters. The lowest BCUT2D eigenvalue weighted by atomic mass is 9.86. The highest BCUT2D eigenvalue weighted by molar-refractivity contribution is 5.83. The summed E-state index contributed by atoms with van der Waals surface area (Å²) in [6, 6.07) is -1.10. The van der Waals surface area contributed by atoms with Crippen LogP contribution in [0.2, 0.25) is 0 Å². The van der Waals surface area contributed by atoms with E-state index < -0.39 is 24.0 Å². The number of hydrogen-bond acceptors (Lipinski definition) is 4. The first-order valence-corrected chi connectivity index (χ1v) is 5.99. The SMILES string of the molecule is CN(C(=O)[C@@H](N)C(C)(C)C)C1COCC1C(=O)O. The van der Waals surface area contributed by atoms with Crippen molar-refractivity contribution in [3.63, 3.8) is 0 Å². The largest absolute Gasteiger partial charge is 0.481 e. The Morgan fingerprint density at radius 3 is 2.39 bits per heavy atom. The van der Waals surface area contributed by atoms with Crippen LogP contribution in [-0.4, -0.2) is 54.2 Å². The molecule has 6 heteroatoms. The zero-order chi connectivity index (χ0) is 14.1. The molecule has 1 heterocycles. The second-order valence-corrected chi connectivity index (χ2v) is 5.84. The molecule has 1 rings (SSSR count). The lowest BCUT2D eigenvalue weighted by molar-refractivity contribution is -0.145. The molecular formula is C12H22N2O4. The Morgan fingerprint density at radius 2 is 1.94 bits per heavy atom. The fourth-order valence-electron chi connectivity index (χ4n) is 1.91. The van der Waals surface area contributed by atoms with Crippen LogP contribution in [0.1, 0.15) is 20.8 Å². The summed E-state index contributed by atoms with van der Waals surface area (Å²) in [7, 11) is 1.59. The van der Waals surface area contributed by atoms with E-state index in [0.29, 0.717) is 0 Å². The quantitative estimate of drug-likeness (QED) is 0.738. The smallest absolute Gasteiger partial charge is 0.311 e. The molecule has 2 unspecified atom stereocenters. The van der Waals surface area contributed by atoms with Crippen molar-refractivity contribution in [2.75, 3.05) is 20.3 Å². The number of carboxylic acid groups (broad SMARTS) is 1. The number of likely N-dealkylation sites (N-methyl/N-ethyl adjacent to an activating group) is 1. The van der Waals surface area contributed by atoms with Crippen molar-refractivity contribution in [1.29, 1.82) is 0 Å². The third-order valence-corrected chi connectivity index (χ3v) is 3.41. The summed E-state index contributed by atoms with van der Waals surface area (Å²) in [5, 5.41) is 9.06. The van der Waals surface area contributed by atoms with E-state index in [1.807, 2.05) is 20.8 Å². The van der Waals surface area contributed by atoms with Crippen LogP contribution < -0.4 is 5.73 Å². The van der Waals surface area contributed by atoms with E-state index >= 15 is 0 Å². The molecule has 0 saturated carbocycles. The predicted molar refractivity (Wildman–Crippen MR) is 65.9 cm³/mol. The van der Waals surface area contributed by atoms with E-state index in [0.717, 1.165) is 0 Å². The Balaban J connectivity index is 2.78. The van der Waals surface area contributed by atoms with Gasteiger partial charge in [0.15, 0.2) is 0 Å². The number of ether oxygens (including phenoxy) is 1. The van der Waals surface area contributed by atoms with Crippen LogP contribution in [0, 0.1) is 11.3 Å². The maximum atomic E-state index is 12.2. The van der Waals surface area contributed by atoms with Gasteiger partial charge in [0.1, 0.15) is 5.92 Å². The van der Waals surface area contributed by atoms with Crippen LogP contribution in [-0.2, 0) is 14.3 Å². The molecule has 104 valence electrons. The molecule has 0 radical (unpaired) electrons. The fourth-order valence-corrected chi connectivity index (χ4v) is 1.91. The van der Waals surface area contributed by atoms with Crippen molar-refractivity contribution >= 4 is 11.9 Å². The van der Waals surface area contributed by atoms with E-state index in [9.17, 15) is 9.59 Å². The number of hydrogen-bond donors (Lipinski definition) is 2. The van der Waals surface area contributed by atoms with Crippen LogP contribution in [0.4, 0.5) is 0 Å². The van der Waals surface area contributed by atoms with Crippen molar-refractivity contribution in [2.24, 2.45) is 17.1 Å². The first kappa shape index (κ1) is 14.9. The van der Waals surface area contributed by atoms with Gasteiger partial charge in [-0.2, -0.15) is 0 Å². The normalized spacial score (nSPS) is 25.8. The third kappa shape index (κ3) is 3.00. The van der Waals surface area contributed by atoms with Crippen molar-refractivity contribution in [2.45, 2.75) is 32.9 Å². The van der Waals surface area contributed by atoms with Crippen LogP contribution in [0.5, 0.6) is 0 Å². The van der Waals surface area contributed by atoms with Crippen LogP contribution >= 0.6 is 0 Å². The molecule has 1 saturated heterocycles. The summed E-state index contributed by atoms with van der Waals surface area (Å²) < 4.78 is 5.15. The van der Waals surface area contributed by atoms with E-state index in [1.54, 1.807) is 7.05 Å². The van der Waals surface area contributed by atoms with Gasteiger partial charge in [0.2, 0.25) is 5.91 Å². The maximum absolute atomic E-state index is 12.2. The summed E-state index contributed by atoms with van der Waals surface area (Å²) in [6.45, 7) is 6.02. The number of nitrogens with two attached hydrogens (primary N) is 1. The lowest BCUT2D eigenvalue weighted by Crippen LogP contribution is -2.54. The minimum Gasteiger partial charge on any atom is -0.481 e. The average molecular weight is 258 g/mol. The first-order valence-electron chi connectivity index (χ1n) is 5.99. The van der Waals surface area contributed by atoms with E-state index in [4.69, 9.17) is 15.6 Å². The highest BCUT2D eigenvalue weighted by atomic mass is 16.5. The van der Waals surface area contributed by atoms with Gasteiger partial charge in [-0.1, -0.05) is 20.8 Å². The van der Waals surface area contributed by atoms with Gasteiger partial charge in [0, 0.05) is 7.05 Å². The number of carboxylic acids is 1. The van der Waals surface area contributed by atoms with Crippen molar-refractivity contribution in [3.05, 3.63) is 0 Å². The Kier molecular flexibility index (Phi) is 4.34. The Morgan fingerprint density at radius 1 is 1.39 bits per heavy atom. The maximum Gasteiger partial charge on any atom is 0.311 e. The second kappa shape index (κ2) is 5.24. The molecule has 0 aromatic rings. The van der Waals surface area contributed by atoms with E-state index in [2.05, 4.69) is 0 Å². The van der Waals surface area contributed by atoms with Crippen LogP contribution in [0.25, 0.3) is 0 Å². The number of amides is 1. The van der Waals surface area contributed by atoms with Crippen molar-refractivity contribution in [3.8, 4) is 0 Å². The Labute approximate surface area is 107 Å². The molecule has 1 amide bonds. The zero-order valence-electron chi connectivity index (χ0n) is 11.3. The molecule has 0 aromatic carbocycles. The lowest BCUT2D eigenvalue weighted by Gasteiger charge is -2.33. The van der Waals surface area contributed by atoms with Crippen LogP contribution in [0.15, 0.2) is 0 Å². The molecule has 18 heavy (non-hydrogen) atoms. The zero-order valence-corrected chi connectivity index (χ0v) is 11.3. The number of carbonyl (C=O) groups excluding carboxylic acids is 1. The summed E-state index contributed by atoms with van der Waals surface area (Å²) >= 11 is 0. The van der Waals surface area contributed by atoms with Crippen molar-refractivity contribution < 1.29 is 19.4 Å². The summed E-state index contributed by atoms with van der Waals surface area (Å²) in [6.07, 6.45) is 0. The van der Waals surface area contributed by atoms with Gasteiger partial charge < -0.3 is 20.5 Å². The molecule has 1 aliphatic rings. The summed E-state index contributed by atoms with van der Waals surface area (Å²) in [4.78, 5) is 24.7. The van der Waals surface area contributed by atoms with Gasteiger partial charge in [-0.25, -0.2) is 0 Å². The molecule has 0 aliphatic carbocycles. The molecular weight excluding hydrogens is 236 g/mol. The monoisotopic (exact) mass is 258 g/mol. The van der Waals surface area contributed by atoms with Crippen LogP contribution in [0.3, 0.4) is 0 Å². The molecule has 0 aromatic heterocycles. The Hall–Kier alpha value is -1.14. The second-order valence-electron chi connectivity index (χ2n) is 5.84. The minimum absolute atomic E-state index is 0.141. The topological polar surface area (TPSA) is 92.9 Å². The van der Waals surface area contributed by atoms with Gasteiger partial charge >= 0.3 is 5.97 Å². The van der Waals surface area contributed by atoms with Gasteiger partial charge in [0.25, 0.3) is 0 Å². The highest BCUT2D eigenvalue weighted by Crippen LogP contribution is 2.23. The Bertz CT molecular complexity index is 337. The minimum atomic E-state index is -0.943. The molecule has 6 nitrogen and oxygen atoms in total. The molecule has 0 bridgehead atoms. The molecule has 1 aliphatic heterocycles. The number of nitrogens with zero attached hydrogens (tertiary/aromatic N) is 1. The van der Waals surface area contributed by atoms with Gasteiger partial charge in [-0.05, 0) is 5.41 Å².